The van der Waals surface area contributed by atoms with Crippen LogP contribution in [0.2, 0.25) is 0 Å². The van der Waals surface area contributed by atoms with Crippen molar-refractivity contribution >= 4 is 23.0 Å². The van der Waals surface area contributed by atoms with Gasteiger partial charge >= 0.3 is 0 Å². The zero-order chi connectivity index (χ0) is 15.2. The molecule has 0 fully saturated rings. The zero-order valence-corrected chi connectivity index (χ0v) is 13.1. The number of halogens is 1. The molecule has 2 aromatic rings. The average molecular weight is 302 g/mol. The van der Waals surface area contributed by atoms with E-state index in [0.717, 1.165) is 5.69 Å². The van der Waals surface area contributed by atoms with Gasteiger partial charge in [-0.2, -0.15) is 0 Å². The Balaban J connectivity index is 1.85. The molecule has 0 saturated heterocycles. The van der Waals surface area contributed by atoms with Gasteiger partial charge in [0.05, 0.1) is 0 Å². The van der Waals surface area contributed by atoms with Crippen LogP contribution in [-0.4, -0.2) is 11.7 Å². The van der Waals surface area contributed by atoms with Gasteiger partial charge in [-0.15, -0.1) is 0 Å². The molecule has 0 radical (unpaired) electrons. The average Bonchev–Trinajstić information content (AvgIpc) is 2.46. The summed E-state index contributed by atoms with van der Waals surface area (Å²) in [5, 5.41) is 6.84. The van der Waals surface area contributed by atoms with E-state index in [4.69, 9.17) is 12.2 Å². The maximum Gasteiger partial charge on any atom is 0.170 e. The minimum Gasteiger partial charge on any atom is -0.362 e. The molecule has 0 saturated carbocycles. The fraction of sp³-hybridized carbons (Fsp3) is 0.235. The van der Waals surface area contributed by atoms with E-state index in [1.165, 1.54) is 17.2 Å². The third-order valence-electron chi connectivity index (χ3n) is 3.49. The second-order valence-corrected chi connectivity index (χ2v) is 5.38. The highest BCUT2D eigenvalue weighted by Crippen LogP contribution is 2.17. The first-order valence-corrected chi connectivity index (χ1v) is 7.33. The van der Waals surface area contributed by atoms with Crippen LogP contribution < -0.4 is 10.6 Å². The largest absolute Gasteiger partial charge is 0.362 e. The summed E-state index contributed by atoms with van der Waals surface area (Å²) in [6.07, 6.45) is 0.599. The maximum atomic E-state index is 13.5. The molecule has 0 aliphatic rings. The van der Waals surface area contributed by atoms with Crippen molar-refractivity contribution in [2.75, 3.05) is 11.9 Å². The molecule has 0 bridgehead atoms. The standard InChI is InChI=1S/C17H19FN2S/c1-12-6-5-9-16(13(12)2)20-17(21)19-11-10-14-7-3-4-8-15(14)18/h3-9H,10-11H2,1-2H3,(H2,19,20,21). The topological polar surface area (TPSA) is 24.1 Å². The molecule has 0 heterocycles. The summed E-state index contributed by atoms with van der Waals surface area (Å²) >= 11 is 5.27. The predicted octanol–water partition coefficient (Wildman–Crippen LogP) is 3.97. The third-order valence-corrected chi connectivity index (χ3v) is 3.74. The van der Waals surface area contributed by atoms with Crippen molar-refractivity contribution in [1.29, 1.82) is 0 Å². The third kappa shape index (κ3) is 4.26. The van der Waals surface area contributed by atoms with Crippen molar-refractivity contribution in [1.82, 2.24) is 5.32 Å². The number of aryl methyl sites for hydroxylation is 1. The molecular weight excluding hydrogens is 283 g/mol. The smallest absolute Gasteiger partial charge is 0.170 e. The van der Waals surface area contributed by atoms with Gasteiger partial charge < -0.3 is 10.6 Å². The van der Waals surface area contributed by atoms with Crippen molar-refractivity contribution in [2.45, 2.75) is 20.3 Å². The van der Waals surface area contributed by atoms with E-state index < -0.39 is 0 Å². The van der Waals surface area contributed by atoms with Crippen LogP contribution in [0.4, 0.5) is 10.1 Å². The number of benzene rings is 2. The summed E-state index contributed by atoms with van der Waals surface area (Å²) in [6, 6.07) is 12.8. The Labute approximate surface area is 130 Å². The Bertz CT molecular complexity index is 640. The first-order chi connectivity index (χ1) is 10.1. The number of nitrogens with one attached hydrogen (secondary N) is 2. The van der Waals surface area contributed by atoms with Gasteiger partial charge in [0.15, 0.2) is 5.11 Å². The highest BCUT2D eigenvalue weighted by Gasteiger charge is 2.04. The molecule has 2 rings (SSSR count). The summed E-state index contributed by atoms with van der Waals surface area (Å²) < 4.78 is 13.5. The lowest BCUT2D eigenvalue weighted by Crippen LogP contribution is -2.30. The molecule has 0 aliphatic carbocycles. The monoisotopic (exact) mass is 302 g/mol. The first kappa shape index (κ1) is 15.4. The molecule has 110 valence electrons. The number of hydrogen-bond donors (Lipinski definition) is 2. The maximum absolute atomic E-state index is 13.5. The SMILES string of the molecule is Cc1cccc(NC(=S)NCCc2ccccc2F)c1C. The van der Waals surface area contributed by atoms with E-state index in [9.17, 15) is 4.39 Å². The van der Waals surface area contributed by atoms with Gasteiger partial charge in [-0.3, -0.25) is 0 Å². The van der Waals surface area contributed by atoms with Gasteiger partial charge in [0.25, 0.3) is 0 Å². The first-order valence-electron chi connectivity index (χ1n) is 6.92. The van der Waals surface area contributed by atoms with Crippen molar-refractivity contribution in [2.24, 2.45) is 0 Å². The highest BCUT2D eigenvalue weighted by molar-refractivity contribution is 7.80. The molecule has 0 spiro atoms. The minimum atomic E-state index is -0.173. The molecule has 0 amide bonds. The second kappa shape index (κ2) is 7.18. The van der Waals surface area contributed by atoms with E-state index in [0.29, 0.717) is 23.6 Å². The van der Waals surface area contributed by atoms with Gasteiger partial charge in [0.2, 0.25) is 0 Å². The molecule has 0 unspecified atom stereocenters. The van der Waals surface area contributed by atoms with Crippen LogP contribution in [0.1, 0.15) is 16.7 Å². The molecular formula is C17H19FN2S. The van der Waals surface area contributed by atoms with Crippen LogP contribution in [0, 0.1) is 19.7 Å². The quantitative estimate of drug-likeness (QED) is 0.836. The lowest BCUT2D eigenvalue weighted by atomic mass is 10.1. The van der Waals surface area contributed by atoms with Crippen LogP contribution in [0.15, 0.2) is 42.5 Å². The van der Waals surface area contributed by atoms with Crippen molar-refractivity contribution in [3.63, 3.8) is 0 Å². The number of rotatable bonds is 4. The summed E-state index contributed by atoms with van der Waals surface area (Å²) in [5.74, 6) is -0.173. The summed E-state index contributed by atoms with van der Waals surface area (Å²) in [6.45, 7) is 4.71. The Morgan fingerprint density at radius 1 is 1.10 bits per heavy atom. The van der Waals surface area contributed by atoms with Crippen LogP contribution >= 0.6 is 12.2 Å². The fourth-order valence-corrected chi connectivity index (χ4v) is 2.28. The van der Waals surface area contributed by atoms with E-state index >= 15 is 0 Å². The summed E-state index contributed by atoms with van der Waals surface area (Å²) in [5.41, 5.74) is 4.09. The predicted molar refractivity (Wildman–Crippen MR) is 90.2 cm³/mol. The second-order valence-electron chi connectivity index (χ2n) is 4.97. The normalized spacial score (nSPS) is 10.2. The fourth-order valence-electron chi connectivity index (χ4n) is 2.06. The number of anilines is 1. The van der Waals surface area contributed by atoms with E-state index in [-0.39, 0.29) is 5.82 Å². The zero-order valence-electron chi connectivity index (χ0n) is 12.2. The summed E-state index contributed by atoms with van der Waals surface area (Å²) in [7, 11) is 0. The van der Waals surface area contributed by atoms with Crippen molar-refractivity contribution < 1.29 is 4.39 Å². The lowest BCUT2D eigenvalue weighted by Gasteiger charge is -2.13. The van der Waals surface area contributed by atoms with E-state index in [2.05, 4.69) is 30.5 Å². The Hall–Kier alpha value is -1.94. The molecule has 0 aliphatic heterocycles. The van der Waals surface area contributed by atoms with E-state index in [1.54, 1.807) is 12.1 Å². The Morgan fingerprint density at radius 3 is 2.62 bits per heavy atom. The molecule has 2 N–H and O–H groups in total. The lowest BCUT2D eigenvalue weighted by molar-refractivity contribution is 0.607. The van der Waals surface area contributed by atoms with Crippen LogP contribution in [0.5, 0.6) is 0 Å². The molecule has 21 heavy (non-hydrogen) atoms. The van der Waals surface area contributed by atoms with E-state index in [1.807, 2.05) is 18.2 Å². The van der Waals surface area contributed by atoms with Gasteiger partial charge in [0, 0.05) is 12.2 Å². The van der Waals surface area contributed by atoms with Gasteiger partial charge in [0.1, 0.15) is 5.82 Å². The number of thiocarbonyl (C=S) groups is 1. The van der Waals surface area contributed by atoms with Crippen molar-refractivity contribution in [3.8, 4) is 0 Å². The van der Waals surface area contributed by atoms with Crippen LogP contribution in [0.25, 0.3) is 0 Å². The van der Waals surface area contributed by atoms with Crippen molar-refractivity contribution in [3.05, 3.63) is 65.0 Å². The van der Waals surface area contributed by atoms with Crippen LogP contribution in [-0.2, 0) is 6.42 Å². The molecule has 2 nitrogen and oxygen atoms in total. The summed E-state index contributed by atoms with van der Waals surface area (Å²) in [4.78, 5) is 0. The van der Waals surface area contributed by atoms with Gasteiger partial charge in [-0.05, 0) is 61.3 Å². The Kier molecular flexibility index (Phi) is 5.28. The van der Waals surface area contributed by atoms with Gasteiger partial charge in [-0.25, -0.2) is 4.39 Å². The Morgan fingerprint density at radius 2 is 1.86 bits per heavy atom. The van der Waals surface area contributed by atoms with Crippen LogP contribution in [0.3, 0.4) is 0 Å². The highest BCUT2D eigenvalue weighted by atomic mass is 32.1. The molecule has 4 heteroatoms. The van der Waals surface area contributed by atoms with Gasteiger partial charge in [-0.1, -0.05) is 30.3 Å². The molecule has 0 atom stereocenters. The molecule has 0 aromatic heterocycles. The number of hydrogen-bond acceptors (Lipinski definition) is 1. The molecule has 2 aromatic carbocycles. The minimum absolute atomic E-state index is 0.173.